The van der Waals surface area contributed by atoms with Gasteiger partial charge in [0.25, 0.3) is 0 Å². The third-order valence-electron chi connectivity index (χ3n) is 14.2. The first-order valence-corrected chi connectivity index (χ1v) is 27.3. The van der Waals surface area contributed by atoms with Crippen molar-refractivity contribution in [3.8, 4) is 23.0 Å². The van der Waals surface area contributed by atoms with Gasteiger partial charge in [0.15, 0.2) is 0 Å². The number of ether oxygens (including phenoxy) is 3. The molecular weight excluding hydrogens is 821 g/mol. The highest BCUT2D eigenvalue weighted by Gasteiger charge is 2.34. The largest absolute Gasteiger partial charge is 0.508 e. The predicted octanol–water partition coefficient (Wildman–Crippen LogP) is 18.3. The Hall–Kier alpha value is -3.92. The molecule has 0 spiro atoms. The van der Waals surface area contributed by atoms with E-state index in [9.17, 15) is 5.11 Å². The van der Waals surface area contributed by atoms with Crippen molar-refractivity contribution >= 4 is 0 Å². The van der Waals surface area contributed by atoms with Crippen LogP contribution in [-0.4, -0.2) is 24.9 Å². The smallest absolute Gasteiger partial charge is 0.123 e. The average Bonchev–Trinajstić information content (AvgIpc) is 3.31. The fraction of sp³-hybridized carbons (Fsp3) is 0.619. The van der Waals surface area contributed by atoms with Crippen LogP contribution in [0.15, 0.2) is 84.9 Å². The topological polar surface area (TPSA) is 47.9 Å². The molecule has 0 saturated carbocycles. The van der Waals surface area contributed by atoms with E-state index in [0.29, 0.717) is 12.2 Å². The number of unbranched alkanes of at least 4 members (excludes halogenated alkanes) is 18. The maximum Gasteiger partial charge on any atom is 0.123 e. The Morgan fingerprint density at radius 1 is 0.343 bits per heavy atom. The molecule has 4 nitrogen and oxygen atoms in total. The van der Waals surface area contributed by atoms with Gasteiger partial charge in [0.1, 0.15) is 23.0 Å². The lowest BCUT2D eigenvalue weighted by Gasteiger charge is -2.35. The molecule has 0 saturated heterocycles. The molecule has 4 aromatic rings. The Morgan fingerprint density at radius 2 is 0.642 bits per heavy atom. The second kappa shape index (κ2) is 29.9. The zero-order valence-corrected chi connectivity index (χ0v) is 44.3. The second-order valence-corrected chi connectivity index (χ2v) is 21.8. The van der Waals surface area contributed by atoms with E-state index in [4.69, 9.17) is 14.2 Å². The number of para-hydroxylation sites is 3. The average molecular weight is 917 g/mol. The molecule has 0 aliphatic heterocycles. The summed E-state index contributed by atoms with van der Waals surface area (Å²) in [6, 6.07) is 30.1. The molecule has 0 heterocycles. The summed E-state index contributed by atoms with van der Waals surface area (Å²) < 4.78 is 19.8. The first kappa shape index (κ1) is 55.7. The van der Waals surface area contributed by atoms with E-state index < -0.39 is 0 Å². The SMILES string of the molecule is CCCCCCCCCOc1ccccc1C(C)(C)Cc1ccc(O)c(CC(C)(C)c2ccccc2OCCCCCCCCC)c1CC(C)(C)c1ccccc1OCCCCCCCCC. The third-order valence-corrected chi connectivity index (χ3v) is 14.2. The van der Waals surface area contributed by atoms with Gasteiger partial charge in [0.05, 0.1) is 19.8 Å². The van der Waals surface area contributed by atoms with Crippen LogP contribution in [0.25, 0.3) is 0 Å². The summed E-state index contributed by atoms with van der Waals surface area (Å²) >= 11 is 0. The molecule has 0 amide bonds. The van der Waals surface area contributed by atoms with Crippen molar-refractivity contribution in [1.82, 2.24) is 0 Å². The predicted molar refractivity (Wildman–Crippen MR) is 288 cm³/mol. The van der Waals surface area contributed by atoms with Crippen LogP contribution in [0.5, 0.6) is 23.0 Å². The molecule has 0 radical (unpaired) electrons. The van der Waals surface area contributed by atoms with Gasteiger partial charge in [-0.2, -0.15) is 0 Å². The molecular formula is C63H96O4. The van der Waals surface area contributed by atoms with Gasteiger partial charge in [-0.05, 0) is 95.7 Å². The fourth-order valence-corrected chi connectivity index (χ4v) is 10.1. The maximum absolute atomic E-state index is 12.1. The van der Waals surface area contributed by atoms with Crippen molar-refractivity contribution in [1.29, 1.82) is 0 Å². The molecule has 4 heteroatoms. The molecule has 372 valence electrons. The zero-order chi connectivity index (χ0) is 48.4. The van der Waals surface area contributed by atoms with Crippen LogP contribution in [0, 0.1) is 0 Å². The van der Waals surface area contributed by atoms with Gasteiger partial charge >= 0.3 is 0 Å². The molecule has 4 aromatic carbocycles. The van der Waals surface area contributed by atoms with Crippen LogP contribution in [0.2, 0.25) is 0 Å². The van der Waals surface area contributed by atoms with Gasteiger partial charge in [-0.3, -0.25) is 0 Å². The normalized spacial score (nSPS) is 12.1. The fourth-order valence-electron chi connectivity index (χ4n) is 10.1. The summed E-state index contributed by atoms with van der Waals surface area (Å²) in [5.41, 5.74) is 6.30. The van der Waals surface area contributed by atoms with E-state index in [1.54, 1.807) is 0 Å². The van der Waals surface area contributed by atoms with Crippen molar-refractivity contribution < 1.29 is 19.3 Å². The molecule has 4 rings (SSSR count). The van der Waals surface area contributed by atoms with Crippen LogP contribution < -0.4 is 14.2 Å². The Bertz CT molecular complexity index is 1960. The van der Waals surface area contributed by atoms with Crippen LogP contribution in [0.1, 0.15) is 231 Å². The summed E-state index contributed by atoms with van der Waals surface area (Å²) in [6.07, 6.45) is 28.7. The van der Waals surface area contributed by atoms with Gasteiger partial charge in [-0.1, -0.05) is 239 Å². The lowest BCUT2D eigenvalue weighted by molar-refractivity contribution is 0.293. The molecule has 0 fully saturated rings. The lowest BCUT2D eigenvalue weighted by Crippen LogP contribution is -2.28. The highest BCUT2D eigenvalue weighted by atomic mass is 16.5. The van der Waals surface area contributed by atoms with Crippen molar-refractivity contribution in [2.75, 3.05) is 19.8 Å². The minimum absolute atomic E-state index is 0.243. The van der Waals surface area contributed by atoms with E-state index in [2.05, 4.69) is 141 Å². The standard InChI is InChI=1S/C63H96O4/c1-10-13-16-19-22-25-34-45-65-58-40-31-28-37-54(58)61(4,5)48-51-43-44-57(64)53(50-63(8,9)56-39-30-33-42-60(56)67-47-36-27-24-21-18-15-12-3)52(51)49-62(6,7)55-38-29-32-41-59(55)66-46-35-26-23-20-17-14-11-2/h28-33,37-44,64H,10-27,34-36,45-50H2,1-9H3. The highest BCUT2D eigenvalue weighted by molar-refractivity contribution is 5.52. The van der Waals surface area contributed by atoms with Gasteiger partial charge in [0, 0.05) is 16.7 Å². The highest BCUT2D eigenvalue weighted by Crippen LogP contribution is 2.44. The summed E-state index contributed by atoms with van der Waals surface area (Å²) in [5.74, 6) is 3.28. The minimum atomic E-state index is -0.324. The van der Waals surface area contributed by atoms with Crippen molar-refractivity contribution in [3.05, 3.63) is 118 Å². The monoisotopic (exact) mass is 917 g/mol. The summed E-state index contributed by atoms with van der Waals surface area (Å²) in [5, 5.41) is 12.1. The number of phenols is 1. The van der Waals surface area contributed by atoms with E-state index in [1.165, 1.54) is 143 Å². The van der Waals surface area contributed by atoms with E-state index in [-0.39, 0.29) is 16.2 Å². The van der Waals surface area contributed by atoms with Crippen molar-refractivity contribution in [3.63, 3.8) is 0 Å². The van der Waals surface area contributed by atoms with Crippen molar-refractivity contribution in [2.45, 2.75) is 233 Å². The zero-order valence-electron chi connectivity index (χ0n) is 44.3. The van der Waals surface area contributed by atoms with Crippen LogP contribution in [0.4, 0.5) is 0 Å². The third kappa shape index (κ3) is 18.8. The van der Waals surface area contributed by atoms with Crippen LogP contribution in [-0.2, 0) is 35.5 Å². The molecule has 0 aliphatic carbocycles. The van der Waals surface area contributed by atoms with Gasteiger partial charge in [0.2, 0.25) is 0 Å². The van der Waals surface area contributed by atoms with Gasteiger partial charge < -0.3 is 19.3 Å². The van der Waals surface area contributed by atoms with Gasteiger partial charge in [-0.25, -0.2) is 0 Å². The number of rotatable bonds is 36. The first-order valence-electron chi connectivity index (χ1n) is 27.3. The van der Waals surface area contributed by atoms with Crippen molar-refractivity contribution in [2.24, 2.45) is 0 Å². The summed E-state index contributed by atoms with van der Waals surface area (Å²) in [4.78, 5) is 0. The van der Waals surface area contributed by atoms with Crippen LogP contribution >= 0.6 is 0 Å². The van der Waals surface area contributed by atoms with E-state index >= 15 is 0 Å². The maximum atomic E-state index is 12.1. The number of benzene rings is 4. The number of phenolic OH excluding ortho intramolecular Hbond substituents is 1. The van der Waals surface area contributed by atoms with Gasteiger partial charge in [-0.15, -0.1) is 0 Å². The molecule has 1 N–H and O–H groups in total. The van der Waals surface area contributed by atoms with E-state index in [1.807, 2.05) is 6.07 Å². The summed E-state index contributed by atoms with van der Waals surface area (Å²) in [7, 11) is 0. The molecule has 67 heavy (non-hydrogen) atoms. The lowest BCUT2D eigenvalue weighted by atomic mass is 9.70. The Morgan fingerprint density at radius 3 is 1.00 bits per heavy atom. The number of hydrogen-bond donors (Lipinski definition) is 1. The molecule has 0 atom stereocenters. The molecule has 0 aliphatic rings. The molecule has 0 bridgehead atoms. The second-order valence-electron chi connectivity index (χ2n) is 21.8. The Balaban J connectivity index is 1.66. The first-order chi connectivity index (χ1) is 32.3. The molecule has 0 aromatic heterocycles. The summed E-state index contributed by atoms with van der Waals surface area (Å²) in [6.45, 7) is 23.1. The van der Waals surface area contributed by atoms with E-state index in [0.717, 1.165) is 74.7 Å². The minimum Gasteiger partial charge on any atom is -0.508 e. The Labute approximate surface area is 411 Å². The Kier molecular flexibility index (Phi) is 24.8. The molecule has 0 unspecified atom stereocenters. The quantitative estimate of drug-likeness (QED) is 0.0462. The number of hydrogen-bond acceptors (Lipinski definition) is 4. The number of aromatic hydroxyl groups is 1. The van der Waals surface area contributed by atoms with Crippen LogP contribution in [0.3, 0.4) is 0 Å².